The molecule has 82 valence electrons. The molecule has 0 aliphatic rings. The van der Waals surface area contributed by atoms with Crippen LogP contribution in [0.25, 0.3) is 0 Å². The predicted molar refractivity (Wildman–Crippen MR) is 63.0 cm³/mol. The zero-order valence-corrected chi connectivity index (χ0v) is 9.16. The molecule has 0 aliphatic carbocycles. The maximum atomic E-state index is 11.2. The van der Waals surface area contributed by atoms with Gasteiger partial charge in [0.1, 0.15) is 0 Å². The molecule has 0 saturated carbocycles. The fourth-order valence-corrected chi connectivity index (χ4v) is 1.56. The van der Waals surface area contributed by atoms with E-state index in [4.69, 9.17) is 16.7 Å². The smallest absolute Gasteiger partial charge is 0.290 e. The first-order chi connectivity index (χ1) is 7.65. The van der Waals surface area contributed by atoms with Gasteiger partial charge in [-0.15, -0.1) is 0 Å². The average Bonchev–Trinajstić information content (AvgIpc) is 2.27. The quantitative estimate of drug-likeness (QED) is 0.840. The van der Waals surface area contributed by atoms with Gasteiger partial charge in [0.2, 0.25) is 0 Å². The van der Waals surface area contributed by atoms with Crippen molar-refractivity contribution in [1.82, 2.24) is 4.98 Å². The summed E-state index contributed by atoms with van der Waals surface area (Å²) in [5, 5.41) is 9.77. The van der Waals surface area contributed by atoms with Gasteiger partial charge in [-0.05, 0) is 29.8 Å². The molecule has 1 heterocycles. The van der Waals surface area contributed by atoms with E-state index in [0.717, 1.165) is 11.3 Å². The summed E-state index contributed by atoms with van der Waals surface area (Å²) in [4.78, 5) is 13.8. The van der Waals surface area contributed by atoms with Crippen molar-refractivity contribution in [2.24, 2.45) is 0 Å². The summed E-state index contributed by atoms with van der Waals surface area (Å²) in [7, 11) is 0. The summed E-state index contributed by atoms with van der Waals surface area (Å²) in [5.41, 5.74) is 1.34. The highest BCUT2D eigenvalue weighted by Gasteiger charge is 2.00. The van der Waals surface area contributed by atoms with Crippen molar-refractivity contribution in [3.8, 4) is 5.75 Å². The maximum absolute atomic E-state index is 11.2. The monoisotopic (exact) mass is 235 g/mol. The number of hydrogen-bond acceptors (Lipinski definition) is 2. The molecule has 0 saturated heterocycles. The van der Waals surface area contributed by atoms with Crippen LogP contribution in [0.5, 0.6) is 5.75 Å². The predicted octanol–water partition coefficient (Wildman–Crippen LogP) is 2.32. The minimum absolute atomic E-state index is 0.264. The number of aromatic nitrogens is 1. The van der Waals surface area contributed by atoms with Gasteiger partial charge in [-0.3, -0.25) is 4.79 Å². The van der Waals surface area contributed by atoms with Crippen LogP contribution < -0.4 is 5.56 Å². The van der Waals surface area contributed by atoms with Gasteiger partial charge in [-0.1, -0.05) is 23.7 Å². The van der Waals surface area contributed by atoms with Crippen molar-refractivity contribution < 1.29 is 5.11 Å². The Labute approximate surface area is 97.3 Å². The minimum atomic E-state index is -0.466. The number of halogens is 1. The minimum Gasteiger partial charge on any atom is -0.503 e. The number of rotatable bonds is 2. The lowest BCUT2D eigenvalue weighted by Crippen LogP contribution is -2.07. The lowest BCUT2D eigenvalue weighted by molar-refractivity contribution is 0.466. The van der Waals surface area contributed by atoms with Crippen LogP contribution in [0, 0.1) is 0 Å². The fourth-order valence-electron chi connectivity index (χ4n) is 1.43. The molecule has 1 aromatic heterocycles. The molecule has 0 amide bonds. The summed E-state index contributed by atoms with van der Waals surface area (Å²) < 4.78 is 0. The second-order valence-electron chi connectivity index (χ2n) is 3.50. The van der Waals surface area contributed by atoms with Crippen molar-refractivity contribution in [3.63, 3.8) is 0 Å². The zero-order chi connectivity index (χ0) is 11.5. The van der Waals surface area contributed by atoms with Crippen LogP contribution in [0.15, 0.2) is 41.2 Å². The summed E-state index contributed by atoms with van der Waals surface area (Å²) in [6.07, 6.45) is 0.604. The lowest BCUT2D eigenvalue weighted by atomic mass is 10.1. The molecule has 16 heavy (non-hydrogen) atoms. The van der Waals surface area contributed by atoms with Crippen LogP contribution in [0.1, 0.15) is 11.3 Å². The lowest BCUT2D eigenvalue weighted by Gasteiger charge is -2.02. The van der Waals surface area contributed by atoms with E-state index in [1.807, 2.05) is 12.1 Å². The van der Waals surface area contributed by atoms with Crippen LogP contribution in [0.4, 0.5) is 0 Å². The highest BCUT2D eigenvalue weighted by atomic mass is 35.5. The number of aromatic hydroxyl groups is 1. The topological polar surface area (TPSA) is 53.1 Å². The molecular weight excluding hydrogens is 226 g/mol. The standard InChI is InChI=1S/C12H10ClNO2/c13-9-3-1-8(2-4-9)7-10-5-6-11(15)12(16)14-10/h1-6,15H,7H2,(H,14,16). The summed E-state index contributed by atoms with van der Waals surface area (Å²) in [5.74, 6) is -0.264. The van der Waals surface area contributed by atoms with Crippen molar-refractivity contribution in [1.29, 1.82) is 0 Å². The molecule has 0 atom stereocenters. The molecular formula is C12H10ClNO2. The van der Waals surface area contributed by atoms with Gasteiger partial charge in [0.25, 0.3) is 5.56 Å². The van der Waals surface area contributed by atoms with Crippen LogP contribution in [-0.2, 0) is 6.42 Å². The van der Waals surface area contributed by atoms with Gasteiger partial charge in [0.15, 0.2) is 5.75 Å². The number of aromatic amines is 1. The van der Waals surface area contributed by atoms with Crippen molar-refractivity contribution in [2.75, 3.05) is 0 Å². The molecule has 3 nitrogen and oxygen atoms in total. The third-order valence-corrected chi connectivity index (χ3v) is 2.51. The van der Waals surface area contributed by atoms with Crippen molar-refractivity contribution >= 4 is 11.6 Å². The molecule has 4 heteroatoms. The summed E-state index contributed by atoms with van der Waals surface area (Å²) >= 11 is 5.77. The van der Waals surface area contributed by atoms with E-state index in [2.05, 4.69) is 4.98 Å². The molecule has 2 N–H and O–H groups in total. The van der Waals surface area contributed by atoms with E-state index in [-0.39, 0.29) is 5.75 Å². The van der Waals surface area contributed by atoms with E-state index in [0.29, 0.717) is 11.4 Å². The third kappa shape index (κ3) is 2.44. The van der Waals surface area contributed by atoms with Crippen LogP contribution in [0.3, 0.4) is 0 Å². The molecule has 1 aromatic carbocycles. The van der Waals surface area contributed by atoms with Gasteiger partial charge < -0.3 is 10.1 Å². The molecule has 0 radical (unpaired) electrons. The SMILES string of the molecule is O=c1[nH]c(Cc2ccc(Cl)cc2)ccc1O. The fraction of sp³-hybridized carbons (Fsp3) is 0.0833. The van der Waals surface area contributed by atoms with E-state index in [9.17, 15) is 4.79 Å². The Balaban J connectivity index is 2.24. The largest absolute Gasteiger partial charge is 0.503 e. The van der Waals surface area contributed by atoms with Crippen LogP contribution in [0.2, 0.25) is 5.02 Å². The molecule has 0 aliphatic heterocycles. The molecule has 0 bridgehead atoms. The normalized spacial score (nSPS) is 10.3. The Hall–Kier alpha value is -1.74. The molecule has 2 aromatic rings. The second kappa shape index (κ2) is 4.41. The van der Waals surface area contributed by atoms with E-state index in [1.54, 1.807) is 18.2 Å². The maximum Gasteiger partial charge on any atom is 0.290 e. The second-order valence-corrected chi connectivity index (χ2v) is 3.94. The zero-order valence-electron chi connectivity index (χ0n) is 8.40. The average molecular weight is 236 g/mol. The highest BCUT2D eigenvalue weighted by Crippen LogP contribution is 2.12. The molecule has 2 rings (SSSR count). The van der Waals surface area contributed by atoms with E-state index >= 15 is 0 Å². The van der Waals surface area contributed by atoms with Gasteiger partial charge in [0.05, 0.1) is 0 Å². The van der Waals surface area contributed by atoms with Crippen molar-refractivity contribution in [3.05, 3.63) is 63.0 Å². The first-order valence-corrected chi connectivity index (χ1v) is 5.18. The number of H-pyrrole nitrogens is 1. The first kappa shape index (κ1) is 10.8. The summed E-state index contributed by atoms with van der Waals surface area (Å²) in [6.45, 7) is 0. The molecule has 0 fully saturated rings. The van der Waals surface area contributed by atoms with Crippen LogP contribution >= 0.6 is 11.6 Å². The van der Waals surface area contributed by atoms with Crippen molar-refractivity contribution in [2.45, 2.75) is 6.42 Å². The Morgan fingerprint density at radius 2 is 1.81 bits per heavy atom. The Morgan fingerprint density at radius 3 is 2.44 bits per heavy atom. The molecule has 0 spiro atoms. The Bertz CT molecular complexity index is 546. The Morgan fingerprint density at radius 1 is 1.12 bits per heavy atom. The van der Waals surface area contributed by atoms with Gasteiger partial charge in [0, 0.05) is 17.1 Å². The molecule has 0 unspecified atom stereocenters. The van der Waals surface area contributed by atoms with Gasteiger partial charge >= 0.3 is 0 Å². The number of benzene rings is 1. The highest BCUT2D eigenvalue weighted by molar-refractivity contribution is 6.30. The third-order valence-electron chi connectivity index (χ3n) is 2.26. The number of pyridine rings is 1. The Kier molecular flexibility index (Phi) is 2.97. The van der Waals surface area contributed by atoms with Gasteiger partial charge in [-0.25, -0.2) is 0 Å². The summed E-state index contributed by atoms with van der Waals surface area (Å²) in [6, 6.07) is 10.5. The first-order valence-electron chi connectivity index (χ1n) is 4.81. The number of nitrogens with one attached hydrogen (secondary N) is 1. The van der Waals surface area contributed by atoms with Crippen LogP contribution in [-0.4, -0.2) is 10.1 Å². The van der Waals surface area contributed by atoms with E-state index in [1.165, 1.54) is 6.07 Å². The number of hydrogen-bond donors (Lipinski definition) is 2. The van der Waals surface area contributed by atoms with E-state index < -0.39 is 5.56 Å². The van der Waals surface area contributed by atoms with Gasteiger partial charge in [-0.2, -0.15) is 0 Å².